The van der Waals surface area contributed by atoms with E-state index in [1.165, 1.54) is 22.9 Å². The van der Waals surface area contributed by atoms with Gasteiger partial charge in [0.05, 0.1) is 23.4 Å². The van der Waals surface area contributed by atoms with E-state index in [1.54, 1.807) is 13.1 Å². The van der Waals surface area contributed by atoms with Crippen LogP contribution in [0.4, 0.5) is 5.69 Å². The molecule has 0 radical (unpaired) electrons. The van der Waals surface area contributed by atoms with Crippen molar-refractivity contribution >= 4 is 23.4 Å². The van der Waals surface area contributed by atoms with Gasteiger partial charge in [0.1, 0.15) is 6.54 Å². The molecule has 3 fully saturated rings. The molecule has 26 heavy (non-hydrogen) atoms. The van der Waals surface area contributed by atoms with Crippen LogP contribution in [0.3, 0.4) is 0 Å². The summed E-state index contributed by atoms with van der Waals surface area (Å²) in [6, 6.07) is 0.361. The molecule has 144 valence electrons. The minimum atomic E-state index is -0.446. The number of carbonyl (C=O) groups is 1. The highest BCUT2D eigenvalue weighted by Crippen LogP contribution is 2.61. The molecule has 4 atom stereocenters. The van der Waals surface area contributed by atoms with Gasteiger partial charge >= 0.3 is 5.97 Å². The number of hydrogen-bond acceptors (Lipinski definition) is 6. The van der Waals surface area contributed by atoms with Gasteiger partial charge in [-0.1, -0.05) is 20.8 Å². The van der Waals surface area contributed by atoms with Crippen molar-refractivity contribution in [2.75, 3.05) is 18.2 Å². The number of anilines is 1. The second-order valence-corrected chi connectivity index (χ2v) is 8.88. The third-order valence-electron chi connectivity index (χ3n) is 6.48. The molecule has 1 heterocycles. The minimum absolute atomic E-state index is 0.154. The molecule has 6 nitrogen and oxygen atoms in total. The van der Waals surface area contributed by atoms with Crippen LogP contribution < -0.4 is 10.9 Å². The zero-order valence-corrected chi connectivity index (χ0v) is 17.1. The average molecular weight is 380 g/mol. The summed E-state index contributed by atoms with van der Waals surface area (Å²) in [4.78, 5) is 25.0. The van der Waals surface area contributed by atoms with Gasteiger partial charge in [0, 0.05) is 6.04 Å². The molecule has 2 bridgehead atoms. The first kappa shape index (κ1) is 19.3. The van der Waals surface area contributed by atoms with Crippen LogP contribution in [-0.2, 0) is 16.1 Å². The summed E-state index contributed by atoms with van der Waals surface area (Å²) in [5, 5.41) is 7.77. The molecule has 0 saturated heterocycles. The summed E-state index contributed by atoms with van der Waals surface area (Å²) in [6.45, 7) is 8.95. The highest BCUT2D eigenvalue weighted by Gasteiger charge is 2.56. The molecular weight excluding hydrogens is 350 g/mol. The molecule has 1 N–H and O–H groups in total. The van der Waals surface area contributed by atoms with E-state index in [-0.39, 0.29) is 12.1 Å². The van der Waals surface area contributed by atoms with Crippen LogP contribution in [0, 0.1) is 23.2 Å². The topological polar surface area (TPSA) is 73.2 Å². The number of ether oxygens (including phenoxy) is 1. The van der Waals surface area contributed by atoms with Crippen molar-refractivity contribution in [3.8, 4) is 0 Å². The molecule has 3 aliphatic rings. The number of aromatic nitrogens is 2. The lowest BCUT2D eigenvalue weighted by atomic mass is 9.45. The van der Waals surface area contributed by atoms with Gasteiger partial charge in [-0.3, -0.25) is 9.59 Å². The van der Waals surface area contributed by atoms with Crippen molar-refractivity contribution < 1.29 is 9.53 Å². The van der Waals surface area contributed by atoms with E-state index < -0.39 is 5.97 Å². The fourth-order valence-electron chi connectivity index (χ4n) is 4.75. The Labute approximate surface area is 159 Å². The van der Waals surface area contributed by atoms with Gasteiger partial charge in [0.15, 0.2) is 0 Å². The van der Waals surface area contributed by atoms with Gasteiger partial charge in [-0.15, -0.1) is 11.8 Å². The Hall–Kier alpha value is -1.50. The Morgan fingerprint density at radius 3 is 2.77 bits per heavy atom. The van der Waals surface area contributed by atoms with Gasteiger partial charge in [-0.05, 0) is 49.2 Å². The van der Waals surface area contributed by atoms with E-state index >= 15 is 0 Å². The van der Waals surface area contributed by atoms with Crippen molar-refractivity contribution in [1.29, 1.82) is 0 Å². The number of fused-ring (bicyclic) bond motifs is 2. The first-order valence-corrected chi connectivity index (χ1v) is 10.6. The standard InChI is InChI=1S/C19H29N3O3S/c1-6-25-16(23)10-22-18(24)17(26-5)15(9-20-22)21-14-8-12-7-13(11(14)2)19(12,3)4/h9,11-14,21H,6-8,10H2,1-5H3/t11-,12+,13+,14+/m0/s1. The van der Waals surface area contributed by atoms with Crippen LogP contribution in [0.2, 0.25) is 0 Å². The number of carbonyl (C=O) groups excluding carboxylic acids is 1. The second-order valence-electron chi connectivity index (χ2n) is 8.07. The van der Waals surface area contributed by atoms with Crippen LogP contribution in [0.15, 0.2) is 15.9 Å². The van der Waals surface area contributed by atoms with Crippen molar-refractivity contribution in [3.63, 3.8) is 0 Å². The van der Waals surface area contributed by atoms with Crippen molar-refractivity contribution in [2.45, 2.75) is 58.0 Å². The highest BCUT2D eigenvalue weighted by molar-refractivity contribution is 7.98. The van der Waals surface area contributed by atoms with E-state index in [0.717, 1.165) is 23.9 Å². The minimum Gasteiger partial charge on any atom is -0.465 e. The highest BCUT2D eigenvalue weighted by atomic mass is 32.2. The Kier molecular flexibility index (Phi) is 5.37. The Balaban J connectivity index is 1.78. The molecule has 0 amide bonds. The first-order valence-electron chi connectivity index (χ1n) is 9.35. The summed E-state index contributed by atoms with van der Waals surface area (Å²) in [7, 11) is 0. The predicted molar refractivity (Wildman–Crippen MR) is 103 cm³/mol. The molecule has 0 aliphatic heterocycles. The third-order valence-corrected chi connectivity index (χ3v) is 7.29. The molecule has 1 aromatic rings. The first-order chi connectivity index (χ1) is 12.3. The van der Waals surface area contributed by atoms with E-state index in [4.69, 9.17) is 4.74 Å². The van der Waals surface area contributed by atoms with Crippen LogP contribution in [-0.4, -0.2) is 34.7 Å². The lowest BCUT2D eigenvalue weighted by Crippen LogP contribution is -2.58. The van der Waals surface area contributed by atoms with E-state index in [1.807, 2.05) is 6.26 Å². The van der Waals surface area contributed by atoms with Gasteiger partial charge in [-0.25, -0.2) is 4.68 Å². The monoisotopic (exact) mass is 379 g/mol. The Morgan fingerprint density at radius 1 is 1.46 bits per heavy atom. The zero-order chi connectivity index (χ0) is 19.1. The van der Waals surface area contributed by atoms with Crippen LogP contribution >= 0.6 is 11.8 Å². The fourth-order valence-corrected chi connectivity index (χ4v) is 5.36. The van der Waals surface area contributed by atoms with Crippen LogP contribution in [0.5, 0.6) is 0 Å². The number of nitrogens with one attached hydrogen (secondary N) is 1. The smallest absolute Gasteiger partial charge is 0.327 e. The quantitative estimate of drug-likeness (QED) is 0.605. The maximum atomic E-state index is 12.7. The molecule has 4 rings (SSSR count). The molecule has 0 spiro atoms. The summed E-state index contributed by atoms with van der Waals surface area (Å²) >= 11 is 1.39. The maximum Gasteiger partial charge on any atom is 0.327 e. The normalized spacial score (nSPS) is 29.0. The molecule has 1 aromatic heterocycles. The SMILES string of the molecule is CCOC(=O)Cn1ncc(N[C@@H]2C[C@H]3C[C@H]([C@@H]2C)C3(C)C)c(SC)c1=O. The predicted octanol–water partition coefficient (Wildman–Crippen LogP) is 3.01. The van der Waals surface area contributed by atoms with Gasteiger partial charge in [0.2, 0.25) is 0 Å². The molecule has 3 saturated carbocycles. The van der Waals surface area contributed by atoms with Gasteiger partial charge in [0.25, 0.3) is 5.56 Å². The largest absolute Gasteiger partial charge is 0.465 e. The van der Waals surface area contributed by atoms with Gasteiger partial charge in [-0.2, -0.15) is 5.10 Å². The number of nitrogens with zero attached hydrogens (tertiary/aromatic N) is 2. The molecule has 0 aromatic carbocycles. The Morgan fingerprint density at radius 2 is 2.19 bits per heavy atom. The van der Waals surface area contributed by atoms with Crippen molar-refractivity contribution in [1.82, 2.24) is 9.78 Å². The van der Waals surface area contributed by atoms with Crippen molar-refractivity contribution in [2.24, 2.45) is 23.2 Å². The van der Waals surface area contributed by atoms with Crippen LogP contribution in [0.25, 0.3) is 0 Å². The van der Waals surface area contributed by atoms with Gasteiger partial charge < -0.3 is 10.1 Å². The third kappa shape index (κ3) is 3.26. The number of thioether (sulfide) groups is 1. The lowest BCUT2D eigenvalue weighted by molar-refractivity contribution is -0.144. The molecule has 7 heteroatoms. The Bertz CT molecular complexity index is 746. The summed E-state index contributed by atoms with van der Waals surface area (Å²) < 4.78 is 6.10. The second kappa shape index (κ2) is 7.25. The fraction of sp³-hybridized carbons (Fsp3) is 0.737. The molecule has 3 aliphatic carbocycles. The summed E-state index contributed by atoms with van der Waals surface area (Å²) in [6.07, 6.45) is 6.00. The van der Waals surface area contributed by atoms with E-state index in [9.17, 15) is 9.59 Å². The zero-order valence-electron chi connectivity index (χ0n) is 16.2. The summed E-state index contributed by atoms with van der Waals surface area (Å²) in [5.74, 6) is 1.59. The van der Waals surface area contributed by atoms with Crippen molar-refractivity contribution in [3.05, 3.63) is 16.6 Å². The van der Waals surface area contributed by atoms with E-state index in [2.05, 4.69) is 31.2 Å². The molecular formula is C19H29N3O3S. The lowest BCUT2D eigenvalue weighted by Gasteiger charge is -2.62. The number of esters is 1. The number of rotatable bonds is 6. The molecule has 0 unspecified atom stereocenters. The summed E-state index contributed by atoms with van der Waals surface area (Å²) in [5.41, 5.74) is 0.962. The van der Waals surface area contributed by atoms with E-state index in [0.29, 0.717) is 28.9 Å². The number of hydrogen-bond donors (Lipinski definition) is 1. The maximum absolute atomic E-state index is 12.7. The van der Waals surface area contributed by atoms with Crippen LogP contribution in [0.1, 0.15) is 40.5 Å². The average Bonchev–Trinajstić information content (AvgIpc) is 2.59.